The van der Waals surface area contributed by atoms with Gasteiger partial charge in [0.15, 0.2) is 0 Å². The van der Waals surface area contributed by atoms with Gasteiger partial charge >= 0.3 is 5.97 Å². The van der Waals surface area contributed by atoms with E-state index in [1.54, 1.807) is 6.07 Å². The lowest BCUT2D eigenvalue weighted by molar-refractivity contribution is -0.137. The number of carboxylic acid groups (broad SMARTS) is 1. The van der Waals surface area contributed by atoms with Gasteiger partial charge in [-0.2, -0.15) is 5.10 Å². The SMILES string of the molecule is NC(CC(=O)O)c1ccc2n[nH]c(Br)c2c1. The van der Waals surface area contributed by atoms with Crippen LogP contribution >= 0.6 is 15.9 Å². The fourth-order valence-electron chi connectivity index (χ4n) is 1.53. The van der Waals surface area contributed by atoms with Crippen LogP contribution in [0.15, 0.2) is 22.8 Å². The highest BCUT2D eigenvalue weighted by molar-refractivity contribution is 9.10. The van der Waals surface area contributed by atoms with Crippen LogP contribution in [0.25, 0.3) is 10.9 Å². The molecule has 1 atom stereocenters. The minimum Gasteiger partial charge on any atom is -0.481 e. The van der Waals surface area contributed by atoms with Crippen LogP contribution in [-0.4, -0.2) is 21.3 Å². The van der Waals surface area contributed by atoms with Crippen molar-refractivity contribution in [3.8, 4) is 0 Å². The summed E-state index contributed by atoms with van der Waals surface area (Å²) in [7, 11) is 0. The Labute approximate surface area is 99.8 Å². The molecule has 5 nitrogen and oxygen atoms in total. The van der Waals surface area contributed by atoms with Gasteiger partial charge < -0.3 is 10.8 Å². The maximum atomic E-state index is 10.6. The van der Waals surface area contributed by atoms with Gasteiger partial charge in [-0.05, 0) is 33.6 Å². The van der Waals surface area contributed by atoms with Crippen LogP contribution in [0.5, 0.6) is 0 Å². The fraction of sp³-hybridized carbons (Fsp3) is 0.200. The van der Waals surface area contributed by atoms with Crippen LogP contribution in [0.1, 0.15) is 18.0 Å². The van der Waals surface area contributed by atoms with Gasteiger partial charge in [-0.15, -0.1) is 0 Å². The van der Waals surface area contributed by atoms with Crippen molar-refractivity contribution in [1.29, 1.82) is 0 Å². The molecule has 0 saturated carbocycles. The molecule has 1 heterocycles. The molecule has 0 saturated heterocycles. The third kappa shape index (κ3) is 2.07. The van der Waals surface area contributed by atoms with Crippen LogP contribution in [0, 0.1) is 0 Å². The number of hydrogen-bond donors (Lipinski definition) is 3. The fourth-order valence-corrected chi connectivity index (χ4v) is 1.94. The lowest BCUT2D eigenvalue weighted by Gasteiger charge is -2.08. The first kappa shape index (κ1) is 11.1. The first-order valence-corrected chi connectivity index (χ1v) is 5.48. The van der Waals surface area contributed by atoms with E-state index in [4.69, 9.17) is 10.8 Å². The van der Waals surface area contributed by atoms with E-state index >= 15 is 0 Å². The van der Waals surface area contributed by atoms with E-state index < -0.39 is 12.0 Å². The number of aliphatic carboxylic acids is 1. The summed E-state index contributed by atoms with van der Waals surface area (Å²) in [5.41, 5.74) is 7.39. The van der Waals surface area contributed by atoms with Crippen molar-refractivity contribution < 1.29 is 9.90 Å². The molecular formula is C10H10BrN3O2. The summed E-state index contributed by atoms with van der Waals surface area (Å²) >= 11 is 3.33. The van der Waals surface area contributed by atoms with Crippen molar-refractivity contribution in [1.82, 2.24) is 10.2 Å². The molecule has 1 aromatic heterocycles. The van der Waals surface area contributed by atoms with Crippen LogP contribution in [0.4, 0.5) is 0 Å². The molecule has 1 aromatic carbocycles. The number of H-pyrrole nitrogens is 1. The smallest absolute Gasteiger partial charge is 0.305 e. The monoisotopic (exact) mass is 283 g/mol. The van der Waals surface area contributed by atoms with Crippen LogP contribution < -0.4 is 5.73 Å². The van der Waals surface area contributed by atoms with Crippen molar-refractivity contribution in [2.45, 2.75) is 12.5 Å². The standard InChI is InChI=1S/C10H10BrN3O2/c11-10-6-3-5(7(12)4-9(15)16)1-2-8(6)13-14-10/h1-3,7H,4,12H2,(H,13,14)(H,15,16). The number of fused-ring (bicyclic) bond motifs is 1. The average molecular weight is 284 g/mol. The number of halogens is 1. The Morgan fingerprint density at radius 3 is 3.06 bits per heavy atom. The van der Waals surface area contributed by atoms with Gasteiger partial charge in [-0.1, -0.05) is 6.07 Å². The number of benzene rings is 1. The third-order valence-corrected chi connectivity index (χ3v) is 2.96. The average Bonchev–Trinajstić information content (AvgIpc) is 2.59. The maximum Gasteiger partial charge on any atom is 0.305 e. The number of rotatable bonds is 3. The normalized spacial score (nSPS) is 12.9. The second kappa shape index (κ2) is 4.23. The molecule has 2 rings (SSSR count). The van der Waals surface area contributed by atoms with Crippen molar-refractivity contribution in [3.05, 3.63) is 28.4 Å². The number of nitrogens with one attached hydrogen (secondary N) is 1. The van der Waals surface area contributed by atoms with Crippen molar-refractivity contribution in [2.24, 2.45) is 5.73 Å². The van der Waals surface area contributed by atoms with Crippen molar-refractivity contribution >= 4 is 32.8 Å². The van der Waals surface area contributed by atoms with Gasteiger partial charge in [0.05, 0.1) is 11.9 Å². The van der Waals surface area contributed by atoms with Crippen molar-refractivity contribution in [3.63, 3.8) is 0 Å². The summed E-state index contributed by atoms with van der Waals surface area (Å²) in [5, 5.41) is 16.4. The first-order chi connectivity index (χ1) is 7.58. The van der Waals surface area contributed by atoms with Gasteiger partial charge in [-0.3, -0.25) is 9.89 Å². The second-order valence-electron chi connectivity index (χ2n) is 3.52. The number of hydrogen-bond acceptors (Lipinski definition) is 3. The molecule has 2 aromatic rings. The van der Waals surface area contributed by atoms with Crippen LogP contribution in [-0.2, 0) is 4.79 Å². The molecule has 84 valence electrons. The number of aromatic nitrogens is 2. The Kier molecular flexibility index (Phi) is 2.93. The van der Waals surface area contributed by atoms with E-state index in [1.165, 1.54) is 0 Å². The summed E-state index contributed by atoms with van der Waals surface area (Å²) in [6.07, 6.45) is -0.0824. The predicted octanol–water partition coefficient (Wildman–Crippen LogP) is 1.80. The number of aromatic amines is 1. The summed E-state index contributed by atoms with van der Waals surface area (Å²) in [5.74, 6) is -0.904. The Bertz CT molecular complexity index is 538. The highest BCUT2D eigenvalue weighted by Crippen LogP contribution is 2.24. The molecule has 4 N–H and O–H groups in total. The van der Waals surface area contributed by atoms with Gasteiger partial charge in [0.1, 0.15) is 4.60 Å². The molecule has 0 amide bonds. The molecule has 0 spiro atoms. The zero-order chi connectivity index (χ0) is 11.7. The lowest BCUT2D eigenvalue weighted by atomic mass is 10.0. The molecule has 16 heavy (non-hydrogen) atoms. The number of nitrogens with two attached hydrogens (primary N) is 1. The van der Waals surface area contributed by atoms with E-state index in [0.29, 0.717) is 0 Å². The number of carboxylic acids is 1. The summed E-state index contributed by atoms with van der Waals surface area (Å²) in [6.45, 7) is 0. The Balaban J connectivity index is 2.38. The maximum absolute atomic E-state index is 10.6. The van der Waals surface area contributed by atoms with E-state index in [2.05, 4.69) is 26.1 Å². The highest BCUT2D eigenvalue weighted by Gasteiger charge is 2.12. The topological polar surface area (TPSA) is 92.0 Å². The van der Waals surface area contributed by atoms with Gasteiger partial charge in [0.25, 0.3) is 0 Å². The number of nitrogens with zero attached hydrogens (tertiary/aromatic N) is 1. The zero-order valence-corrected chi connectivity index (χ0v) is 9.86. The molecule has 0 aliphatic heterocycles. The van der Waals surface area contributed by atoms with Crippen LogP contribution in [0.3, 0.4) is 0 Å². The molecule has 1 unspecified atom stereocenters. The van der Waals surface area contributed by atoms with Crippen LogP contribution in [0.2, 0.25) is 0 Å². The largest absolute Gasteiger partial charge is 0.481 e. The molecule has 0 bridgehead atoms. The number of carbonyl (C=O) groups is 1. The Hall–Kier alpha value is -1.40. The molecule has 0 aliphatic carbocycles. The quantitative estimate of drug-likeness (QED) is 0.801. The lowest BCUT2D eigenvalue weighted by Crippen LogP contribution is -2.14. The Morgan fingerprint density at radius 2 is 2.38 bits per heavy atom. The first-order valence-electron chi connectivity index (χ1n) is 4.69. The van der Waals surface area contributed by atoms with E-state index in [0.717, 1.165) is 21.1 Å². The van der Waals surface area contributed by atoms with E-state index in [1.807, 2.05) is 12.1 Å². The zero-order valence-electron chi connectivity index (χ0n) is 8.27. The van der Waals surface area contributed by atoms with Gasteiger partial charge in [-0.25, -0.2) is 0 Å². The minimum absolute atomic E-state index is 0.0824. The highest BCUT2D eigenvalue weighted by atomic mass is 79.9. The second-order valence-corrected chi connectivity index (χ2v) is 4.31. The molecular weight excluding hydrogens is 274 g/mol. The third-order valence-electron chi connectivity index (χ3n) is 2.35. The van der Waals surface area contributed by atoms with E-state index in [9.17, 15) is 4.79 Å². The van der Waals surface area contributed by atoms with Gasteiger partial charge in [0, 0.05) is 11.4 Å². The minimum atomic E-state index is -0.904. The predicted molar refractivity (Wildman–Crippen MR) is 63.0 cm³/mol. The summed E-state index contributed by atoms with van der Waals surface area (Å²) in [6, 6.07) is 4.96. The molecule has 0 fully saturated rings. The molecule has 6 heteroatoms. The summed E-state index contributed by atoms with van der Waals surface area (Å²) in [4.78, 5) is 10.6. The van der Waals surface area contributed by atoms with Gasteiger partial charge in [0.2, 0.25) is 0 Å². The molecule has 0 radical (unpaired) electrons. The Morgan fingerprint density at radius 1 is 1.62 bits per heavy atom. The van der Waals surface area contributed by atoms with E-state index in [-0.39, 0.29) is 6.42 Å². The van der Waals surface area contributed by atoms with Crippen molar-refractivity contribution in [2.75, 3.05) is 0 Å². The summed E-state index contributed by atoms with van der Waals surface area (Å²) < 4.78 is 0.770. The molecule has 0 aliphatic rings.